The van der Waals surface area contributed by atoms with Crippen LogP contribution in [0.1, 0.15) is 45.4 Å². The molecule has 5 unspecified atom stereocenters. The molecule has 1 aliphatic rings. The number of carboxylic acids is 3. The number of aliphatic carboxylic acids is 3. The van der Waals surface area contributed by atoms with Crippen molar-refractivity contribution in [2.75, 3.05) is 13.1 Å². The number of rotatable bonds is 15. The third kappa shape index (κ3) is 10.0. The van der Waals surface area contributed by atoms with Gasteiger partial charge in [-0.05, 0) is 32.6 Å². The van der Waals surface area contributed by atoms with Crippen molar-refractivity contribution in [3.8, 4) is 0 Å². The summed E-state index contributed by atoms with van der Waals surface area (Å²) < 4.78 is 0. The lowest BCUT2D eigenvalue weighted by molar-refractivity contribution is -0.146. The van der Waals surface area contributed by atoms with Gasteiger partial charge in [0.25, 0.3) is 0 Å². The molecule has 16 heteroatoms. The normalized spacial score (nSPS) is 18.1. The summed E-state index contributed by atoms with van der Waals surface area (Å²) in [4.78, 5) is 84.6. The molecule has 5 atom stereocenters. The Morgan fingerprint density at radius 1 is 0.919 bits per heavy atom. The predicted octanol–water partition coefficient (Wildman–Crippen LogP) is -3.41. The molecule has 0 radical (unpaired) electrons. The van der Waals surface area contributed by atoms with E-state index in [0.717, 1.165) is 4.90 Å². The summed E-state index contributed by atoms with van der Waals surface area (Å²) in [6, 6.07) is -5.60. The van der Waals surface area contributed by atoms with Crippen LogP contribution in [0.15, 0.2) is 0 Å². The topological polar surface area (TPSA) is 266 Å². The van der Waals surface area contributed by atoms with Gasteiger partial charge in [-0.15, -0.1) is 0 Å². The van der Waals surface area contributed by atoms with Crippen molar-refractivity contribution in [2.24, 2.45) is 5.73 Å². The number of aliphatic hydroxyl groups excluding tert-OH is 1. The van der Waals surface area contributed by atoms with Crippen LogP contribution in [-0.2, 0) is 33.6 Å². The summed E-state index contributed by atoms with van der Waals surface area (Å²) in [5, 5.41) is 43.9. The molecule has 1 rings (SSSR count). The number of nitrogens with one attached hydrogen (secondary N) is 3. The van der Waals surface area contributed by atoms with Crippen LogP contribution in [0.3, 0.4) is 0 Å². The first kappa shape index (κ1) is 31.2. The number of carbonyl (C=O) groups excluding carboxylic acids is 4. The summed E-state index contributed by atoms with van der Waals surface area (Å²) >= 11 is 0. The fourth-order valence-corrected chi connectivity index (χ4v) is 3.71. The lowest BCUT2D eigenvalue weighted by Gasteiger charge is -2.31. The lowest BCUT2D eigenvalue weighted by atomic mass is 10.1. The minimum Gasteiger partial charge on any atom is -0.481 e. The molecule has 0 saturated carbocycles. The fraction of sp³-hybridized carbons (Fsp3) is 0.667. The van der Waals surface area contributed by atoms with Crippen molar-refractivity contribution in [1.29, 1.82) is 0 Å². The Morgan fingerprint density at radius 3 is 1.97 bits per heavy atom. The molecule has 1 heterocycles. The third-order valence-corrected chi connectivity index (χ3v) is 5.63. The number of amides is 4. The van der Waals surface area contributed by atoms with Gasteiger partial charge in [-0.3, -0.25) is 28.8 Å². The van der Waals surface area contributed by atoms with Crippen LogP contribution in [-0.4, -0.2) is 110 Å². The van der Waals surface area contributed by atoms with E-state index in [1.54, 1.807) is 0 Å². The van der Waals surface area contributed by atoms with Crippen molar-refractivity contribution in [3.05, 3.63) is 0 Å². The molecular formula is C21H33N5O11. The first-order valence-electron chi connectivity index (χ1n) is 11.5. The maximum Gasteiger partial charge on any atom is 0.326 e. The summed E-state index contributed by atoms with van der Waals surface area (Å²) in [5.41, 5.74) is 5.22. The Hall–Kier alpha value is -3.79. The molecule has 1 aliphatic heterocycles. The molecule has 0 aromatic rings. The average molecular weight is 532 g/mol. The highest BCUT2D eigenvalue weighted by Gasteiger charge is 2.40. The summed E-state index contributed by atoms with van der Waals surface area (Å²) in [6.45, 7) is 0.768. The Balaban J connectivity index is 3.01. The lowest BCUT2D eigenvalue weighted by Crippen LogP contribution is -2.60. The summed E-state index contributed by atoms with van der Waals surface area (Å²) in [6.07, 6.45) is -2.66. The zero-order valence-electron chi connectivity index (χ0n) is 20.2. The molecule has 16 nitrogen and oxygen atoms in total. The van der Waals surface area contributed by atoms with Crippen LogP contribution in [0, 0.1) is 0 Å². The second-order valence-corrected chi connectivity index (χ2v) is 8.50. The van der Waals surface area contributed by atoms with Crippen LogP contribution in [0.5, 0.6) is 0 Å². The van der Waals surface area contributed by atoms with Crippen molar-refractivity contribution >= 4 is 41.5 Å². The quantitative estimate of drug-likeness (QED) is 0.103. The highest BCUT2D eigenvalue weighted by Crippen LogP contribution is 2.20. The van der Waals surface area contributed by atoms with Crippen LogP contribution in [0.2, 0.25) is 0 Å². The molecule has 0 bridgehead atoms. The number of carbonyl (C=O) groups is 7. The number of hydrogen-bond acceptors (Lipinski definition) is 9. The van der Waals surface area contributed by atoms with Gasteiger partial charge in [-0.1, -0.05) is 0 Å². The molecule has 0 aromatic heterocycles. The molecule has 0 spiro atoms. The number of hydrogen-bond donors (Lipinski definition) is 8. The number of likely N-dealkylation sites (tertiary alicyclic amines) is 1. The highest BCUT2D eigenvalue weighted by molar-refractivity contribution is 5.96. The minimum atomic E-state index is -1.58. The van der Waals surface area contributed by atoms with Gasteiger partial charge in [0, 0.05) is 19.4 Å². The first-order chi connectivity index (χ1) is 17.3. The van der Waals surface area contributed by atoms with Crippen LogP contribution < -0.4 is 21.7 Å². The van der Waals surface area contributed by atoms with Gasteiger partial charge in [0.2, 0.25) is 23.6 Å². The monoisotopic (exact) mass is 531 g/mol. The van der Waals surface area contributed by atoms with E-state index in [1.165, 1.54) is 6.92 Å². The van der Waals surface area contributed by atoms with Crippen molar-refractivity contribution in [3.63, 3.8) is 0 Å². The largest absolute Gasteiger partial charge is 0.481 e. The second kappa shape index (κ2) is 14.7. The van der Waals surface area contributed by atoms with E-state index in [4.69, 9.17) is 15.9 Å². The van der Waals surface area contributed by atoms with Gasteiger partial charge in [0.05, 0.1) is 12.6 Å². The Kier molecular flexibility index (Phi) is 12.4. The predicted molar refractivity (Wildman–Crippen MR) is 123 cm³/mol. The smallest absolute Gasteiger partial charge is 0.326 e. The standard InChI is InChI=1S/C21H33N5O11/c1-10(27)17(25-18(33)11(4-6-15(29)30)23-14(28)9-22)20(35)26-8-2-3-13(26)19(34)24-12(21(36)37)5-7-16(31)32/h10-13,17,27H,2-9,22H2,1H3,(H,23,28)(H,24,34)(H,25,33)(H,29,30)(H,31,32)(H,36,37). The van der Waals surface area contributed by atoms with E-state index < -0.39 is 91.2 Å². The van der Waals surface area contributed by atoms with Crippen LogP contribution >= 0.6 is 0 Å². The molecule has 37 heavy (non-hydrogen) atoms. The Bertz CT molecular complexity index is 894. The molecule has 208 valence electrons. The summed E-state index contributed by atoms with van der Waals surface area (Å²) in [7, 11) is 0. The van der Waals surface area contributed by atoms with E-state index in [-0.39, 0.29) is 25.8 Å². The van der Waals surface area contributed by atoms with Gasteiger partial charge in [-0.25, -0.2) is 4.79 Å². The van der Waals surface area contributed by atoms with Gasteiger partial charge < -0.3 is 47.0 Å². The third-order valence-electron chi connectivity index (χ3n) is 5.63. The number of nitrogens with zero attached hydrogens (tertiary/aromatic N) is 1. The molecule has 1 fully saturated rings. The second-order valence-electron chi connectivity index (χ2n) is 8.50. The van der Waals surface area contributed by atoms with E-state index in [0.29, 0.717) is 6.42 Å². The molecule has 9 N–H and O–H groups in total. The minimum absolute atomic E-state index is 0.0508. The van der Waals surface area contributed by atoms with Gasteiger partial charge in [-0.2, -0.15) is 0 Å². The molecule has 1 saturated heterocycles. The zero-order valence-corrected chi connectivity index (χ0v) is 20.2. The Labute approximate surface area is 211 Å². The maximum atomic E-state index is 13.2. The highest BCUT2D eigenvalue weighted by atomic mass is 16.4. The van der Waals surface area contributed by atoms with E-state index in [2.05, 4.69) is 16.0 Å². The van der Waals surface area contributed by atoms with Crippen molar-refractivity contribution in [2.45, 2.75) is 75.7 Å². The molecule has 0 aliphatic carbocycles. The van der Waals surface area contributed by atoms with E-state index in [9.17, 15) is 43.8 Å². The van der Waals surface area contributed by atoms with E-state index >= 15 is 0 Å². The van der Waals surface area contributed by atoms with Gasteiger partial charge >= 0.3 is 17.9 Å². The molecular weight excluding hydrogens is 498 g/mol. The molecule has 4 amide bonds. The van der Waals surface area contributed by atoms with Gasteiger partial charge in [0.15, 0.2) is 0 Å². The first-order valence-corrected chi connectivity index (χ1v) is 11.5. The number of carboxylic acid groups (broad SMARTS) is 3. The SMILES string of the molecule is CC(O)C(NC(=O)C(CCC(=O)O)NC(=O)CN)C(=O)N1CCCC1C(=O)NC(CCC(=O)O)C(=O)O. The zero-order chi connectivity index (χ0) is 28.3. The number of nitrogens with two attached hydrogens (primary N) is 1. The van der Waals surface area contributed by atoms with E-state index in [1.807, 2.05) is 0 Å². The maximum absolute atomic E-state index is 13.2. The molecule has 0 aromatic carbocycles. The van der Waals surface area contributed by atoms with Gasteiger partial charge in [0.1, 0.15) is 24.2 Å². The fourth-order valence-electron chi connectivity index (χ4n) is 3.71. The number of aliphatic hydroxyl groups is 1. The Morgan fingerprint density at radius 2 is 1.49 bits per heavy atom. The van der Waals surface area contributed by atoms with Crippen molar-refractivity contribution < 1.29 is 54.0 Å². The average Bonchev–Trinajstić information content (AvgIpc) is 3.31. The summed E-state index contributed by atoms with van der Waals surface area (Å²) in [5.74, 6) is -7.35. The van der Waals surface area contributed by atoms with Crippen LogP contribution in [0.25, 0.3) is 0 Å². The van der Waals surface area contributed by atoms with Crippen LogP contribution in [0.4, 0.5) is 0 Å². The van der Waals surface area contributed by atoms with Crippen molar-refractivity contribution in [1.82, 2.24) is 20.9 Å².